The fourth-order valence-corrected chi connectivity index (χ4v) is 2.75. The largest absolute Gasteiger partial charge is 0.481 e. The third-order valence-electron chi connectivity index (χ3n) is 4.10. The third-order valence-corrected chi connectivity index (χ3v) is 4.10. The highest BCUT2D eigenvalue weighted by atomic mass is 16.4. The number of rotatable bonds is 6. The van der Waals surface area contributed by atoms with E-state index in [0.29, 0.717) is 24.8 Å². The van der Waals surface area contributed by atoms with Crippen LogP contribution in [-0.2, 0) is 9.59 Å². The first-order chi connectivity index (χ1) is 10.5. The summed E-state index contributed by atoms with van der Waals surface area (Å²) < 4.78 is 0. The van der Waals surface area contributed by atoms with Crippen LogP contribution in [0.15, 0.2) is 24.3 Å². The van der Waals surface area contributed by atoms with Gasteiger partial charge < -0.3 is 10.4 Å². The molecule has 2 atom stereocenters. The second-order valence-electron chi connectivity index (χ2n) is 5.90. The fourth-order valence-electron chi connectivity index (χ4n) is 2.75. The highest BCUT2D eigenvalue weighted by Crippen LogP contribution is 2.25. The standard InChI is InChI=1S/C17H21NO4/c1-11-2-4-12(5-3-11)15(19)8-9-16(20)18-14-7-6-13(10-14)17(21)22/h2-5,13-14H,6-10H2,1H3,(H,18,20)(H,21,22)/t13-,14+/m1/s1. The van der Waals surface area contributed by atoms with Crippen molar-refractivity contribution in [3.8, 4) is 0 Å². The Hall–Kier alpha value is -2.17. The number of carbonyl (C=O) groups is 3. The van der Waals surface area contributed by atoms with Crippen LogP contribution in [0.4, 0.5) is 0 Å². The zero-order valence-corrected chi connectivity index (χ0v) is 12.7. The number of Topliss-reactive ketones (excluding diaryl/α,β-unsaturated/α-hetero) is 1. The minimum Gasteiger partial charge on any atom is -0.481 e. The van der Waals surface area contributed by atoms with Gasteiger partial charge in [0.15, 0.2) is 5.78 Å². The van der Waals surface area contributed by atoms with Crippen molar-refractivity contribution in [3.63, 3.8) is 0 Å². The van der Waals surface area contributed by atoms with Gasteiger partial charge in [0.05, 0.1) is 5.92 Å². The molecular weight excluding hydrogens is 282 g/mol. The summed E-state index contributed by atoms with van der Waals surface area (Å²) in [5.41, 5.74) is 1.70. The molecule has 1 fully saturated rings. The van der Waals surface area contributed by atoms with Gasteiger partial charge in [0, 0.05) is 24.4 Å². The second kappa shape index (κ2) is 7.20. The maximum Gasteiger partial charge on any atom is 0.306 e. The van der Waals surface area contributed by atoms with E-state index in [1.54, 1.807) is 12.1 Å². The Morgan fingerprint density at radius 2 is 1.82 bits per heavy atom. The van der Waals surface area contributed by atoms with Crippen molar-refractivity contribution < 1.29 is 19.5 Å². The summed E-state index contributed by atoms with van der Waals surface area (Å²) in [6.07, 6.45) is 2.08. The number of carbonyl (C=O) groups excluding carboxylic acids is 2. The summed E-state index contributed by atoms with van der Waals surface area (Å²) in [4.78, 5) is 34.7. The maximum absolute atomic E-state index is 12.0. The van der Waals surface area contributed by atoms with E-state index in [2.05, 4.69) is 5.32 Å². The minimum atomic E-state index is -0.800. The summed E-state index contributed by atoms with van der Waals surface area (Å²) >= 11 is 0. The lowest BCUT2D eigenvalue weighted by Gasteiger charge is -2.12. The SMILES string of the molecule is Cc1ccc(C(=O)CCC(=O)N[C@H]2CC[C@@H](C(=O)O)C2)cc1. The summed E-state index contributed by atoms with van der Waals surface area (Å²) in [5, 5.41) is 11.8. The van der Waals surface area contributed by atoms with Crippen LogP contribution < -0.4 is 5.32 Å². The van der Waals surface area contributed by atoms with Gasteiger partial charge >= 0.3 is 5.97 Å². The Balaban J connectivity index is 1.75. The van der Waals surface area contributed by atoms with Crippen LogP contribution in [0.3, 0.4) is 0 Å². The molecule has 0 bridgehead atoms. The molecule has 22 heavy (non-hydrogen) atoms. The molecular formula is C17H21NO4. The number of benzene rings is 1. The Labute approximate surface area is 129 Å². The number of aliphatic carboxylic acids is 1. The number of hydrogen-bond donors (Lipinski definition) is 2. The van der Waals surface area contributed by atoms with Crippen molar-refractivity contribution in [2.75, 3.05) is 0 Å². The van der Waals surface area contributed by atoms with E-state index in [9.17, 15) is 14.4 Å². The molecule has 2 rings (SSSR count). The Bertz CT molecular complexity index is 565. The van der Waals surface area contributed by atoms with E-state index in [1.807, 2.05) is 19.1 Å². The van der Waals surface area contributed by atoms with E-state index in [4.69, 9.17) is 5.11 Å². The third kappa shape index (κ3) is 4.41. The van der Waals surface area contributed by atoms with E-state index >= 15 is 0 Å². The van der Waals surface area contributed by atoms with Gasteiger partial charge in [-0.3, -0.25) is 14.4 Å². The summed E-state index contributed by atoms with van der Waals surface area (Å²) in [7, 11) is 0. The van der Waals surface area contributed by atoms with E-state index < -0.39 is 5.97 Å². The number of carboxylic acids is 1. The van der Waals surface area contributed by atoms with Gasteiger partial charge in [-0.2, -0.15) is 0 Å². The summed E-state index contributed by atoms with van der Waals surface area (Å²) in [6.45, 7) is 1.95. The monoisotopic (exact) mass is 303 g/mol. The van der Waals surface area contributed by atoms with Crippen LogP contribution in [-0.4, -0.2) is 28.8 Å². The van der Waals surface area contributed by atoms with Crippen molar-refractivity contribution in [2.45, 2.75) is 45.1 Å². The number of carboxylic acid groups (broad SMARTS) is 1. The predicted molar refractivity (Wildman–Crippen MR) is 81.7 cm³/mol. The molecule has 0 unspecified atom stereocenters. The molecule has 1 saturated carbocycles. The molecule has 1 aliphatic carbocycles. The molecule has 1 aromatic rings. The molecule has 0 spiro atoms. The predicted octanol–water partition coefficient (Wildman–Crippen LogP) is 2.33. The average Bonchev–Trinajstić information content (AvgIpc) is 2.94. The molecule has 5 heteroatoms. The van der Waals surface area contributed by atoms with Gasteiger partial charge in [0.2, 0.25) is 5.91 Å². The van der Waals surface area contributed by atoms with Gasteiger partial charge in [0.1, 0.15) is 0 Å². The first-order valence-electron chi connectivity index (χ1n) is 7.57. The molecule has 118 valence electrons. The average molecular weight is 303 g/mol. The fraction of sp³-hybridized carbons (Fsp3) is 0.471. The highest BCUT2D eigenvalue weighted by molar-refractivity contribution is 5.98. The Morgan fingerprint density at radius 1 is 1.14 bits per heavy atom. The van der Waals surface area contributed by atoms with Crippen LogP contribution in [0.2, 0.25) is 0 Å². The van der Waals surface area contributed by atoms with Gasteiger partial charge in [-0.05, 0) is 26.2 Å². The molecule has 1 amide bonds. The highest BCUT2D eigenvalue weighted by Gasteiger charge is 2.30. The number of nitrogens with one attached hydrogen (secondary N) is 1. The molecule has 0 radical (unpaired) electrons. The summed E-state index contributed by atoms with van der Waals surface area (Å²) in [5.74, 6) is -1.40. The molecule has 2 N–H and O–H groups in total. The van der Waals surface area contributed by atoms with Crippen molar-refractivity contribution in [1.82, 2.24) is 5.32 Å². The van der Waals surface area contributed by atoms with Crippen molar-refractivity contribution in [3.05, 3.63) is 35.4 Å². The lowest BCUT2D eigenvalue weighted by Crippen LogP contribution is -2.33. The molecule has 0 saturated heterocycles. The lowest BCUT2D eigenvalue weighted by molar-refractivity contribution is -0.141. The van der Waals surface area contributed by atoms with Crippen molar-refractivity contribution in [2.24, 2.45) is 5.92 Å². The quantitative estimate of drug-likeness (QED) is 0.790. The van der Waals surface area contributed by atoms with Gasteiger partial charge in [0.25, 0.3) is 0 Å². The van der Waals surface area contributed by atoms with Gasteiger partial charge in [-0.1, -0.05) is 29.8 Å². The van der Waals surface area contributed by atoms with Crippen LogP contribution >= 0.6 is 0 Å². The minimum absolute atomic E-state index is 0.0509. The van der Waals surface area contributed by atoms with Crippen molar-refractivity contribution >= 4 is 17.7 Å². The normalized spacial score (nSPS) is 20.6. The number of ketones is 1. The first-order valence-corrected chi connectivity index (χ1v) is 7.57. The number of amides is 1. The molecule has 0 aliphatic heterocycles. The number of hydrogen-bond acceptors (Lipinski definition) is 3. The molecule has 0 aromatic heterocycles. The van der Waals surface area contributed by atoms with Crippen LogP contribution in [0.25, 0.3) is 0 Å². The maximum atomic E-state index is 12.0. The van der Waals surface area contributed by atoms with Crippen LogP contribution in [0, 0.1) is 12.8 Å². The smallest absolute Gasteiger partial charge is 0.306 e. The second-order valence-corrected chi connectivity index (χ2v) is 5.90. The number of aryl methyl sites for hydroxylation is 1. The zero-order valence-electron chi connectivity index (χ0n) is 12.7. The Kier molecular flexibility index (Phi) is 5.31. The van der Waals surface area contributed by atoms with Crippen LogP contribution in [0.1, 0.15) is 48.0 Å². The molecule has 5 nitrogen and oxygen atoms in total. The topological polar surface area (TPSA) is 83.5 Å². The lowest BCUT2D eigenvalue weighted by atomic mass is 10.0. The van der Waals surface area contributed by atoms with Crippen LogP contribution in [0.5, 0.6) is 0 Å². The van der Waals surface area contributed by atoms with Gasteiger partial charge in [-0.15, -0.1) is 0 Å². The first kappa shape index (κ1) is 16.2. The van der Waals surface area contributed by atoms with E-state index in [0.717, 1.165) is 5.56 Å². The molecule has 0 heterocycles. The zero-order chi connectivity index (χ0) is 16.1. The van der Waals surface area contributed by atoms with Crippen molar-refractivity contribution in [1.29, 1.82) is 0 Å². The van der Waals surface area contributed by atoms with E-state index in [-0.39, 0.29) is 36.5 Å². The Morgan fingerprint density at radius 3 is 2.41 bits per heavy atom. The van der Waals surface area contributed by atoms with E-state index in [1.165, 1.54) is 0 Å². The summed E-state index contributed by atoms with van der Waals surface area (Å²) in [6, 6.07) is 7.20. The molecule has 1 aliphatic rings. The van der Waals surface area contributed by atoms with Gasteiger partial charge in [-0.25, -0.2) is 0 Å². The molecule has 1 aromatic carbocycles.